The van der Waals surface area contributed by atoms with Crippen LogP contribution in [-0.2, 0) is 23.1 Å². The maximum atomic E-state index is 6.05. The molecule has 0 aliphatic heterocycles. The van der Waals surface area contributed by atoms with Gasteiger partial charge < -0.3 is 24.7 Å². The summed E-state index contributed by atoms with van der Waals surface area (Å²) < 4.78 is 13.2. The van der Waals surface area contributed by atoms with Crippen LogP contribution in [0, 0.1) is 12.3 Å². The lowest BCUT2D eigenvalue weighted by molar-refractivity contribution is -0.125. The molecule has 0 saturated heterocycles. The lowest BCUT2D eigenvalue weighted by Gasteiger charge is -2.54. The van der Waals surface area contributed by atoms with Crippen LogP contribution in [0.5, 0.6) is 0 Å². The minimum Gasteiger partial charge on any atom is -0.385 e. The first-order valence-corrected chi connectivity index (χ1v) is 10.6. The summed E-state index contributed by atoms with van der Waals surface area (Å²) in [5.74, 6) is 2.62. The Morgan fingerprint density at radius 2 is 2.07 bits per heavy atom. The molecule has 2 aliphatic carbocycles. The normalized spacial score (nSPS) is 23.0. The van der Waals surface area contributed by atoms with Gasteiger partial charge in [-0.2, -0.15) is 0 Å². The number of nitrogens with zero attached hydrogens (tertiary/aromatic N) is 4. The largest absolute Gasteiger partial charge is 0.385 e. The molecular formula is C20H37IN6O2. The smallest absolute Gasteiger partial charge is 0.191 e. The molecule has 2 atom stereocenters. The Hall–Kier alpha value is -0.940. The fourth-order valence-corrected chi connectivity index (χ4v) is 4.57. The molecule has 8 nitrogen and oxygen atoms in total. The van der Waals surface area contributed by atoms with E-state index >= 15 is 0 Å². The number of halogens is 1. The van der Waals surface area contributed by atoms with Gasteiger partial charge >= 0.3 is 0 Å². The van der Waals surface area contributed by atoms with E-state index in [0.29, 0.717) is 18.7 Å². The van der Waals surface area contributed by atoms with E-state index in [1.165, 1.54) is 25.7 Å². The van der Waals surface area contributed by atoms with E-state index in [1.54, 1.807) is 7.11 Å². The number of guanidine groups is 1. The highest BCUT2D eigenvalue weighted by atomic mass is 127. The third-order valence-electron chi connectivity index (χ3n) is 6.38. The molecule has 29 heavy (non-hydrogen) atoms. The molecule has 9 heteroatoms. The fourth-order valence-electron chi connectivity index (χ4n) is 4.57. The zero-order valence-electron chi connectivity index (χ0n) is 18.2. The van der Waals surface area contributed by atoms with Crippen molar-refractivity contribution in [1.29, 1.82) is 0 Å². The number of methoxy groups -OCH3 is 1. The van der Waals surface area contributed by atoms with Gasteiger partial charge in [-0.1, -0.05) is 12.8 Å². The fraction of sp³-hybridized carbons (Fsp3) is 0.850. The van der Waals surface area contributed by atoms with Gasteiger partial charge in [0.1, 0.15) is 12.4 Å². The number of aliphatic imine (C=N–C) groups is 1. The molecule has 2 aliphatic rings. The molecule has 1 spiro atoms. The summed E-state index contributed by atoms with van der Waals surface area (Å²) in [5.41, 5.74) is 0.270. The number of aryl methyl sites for hydroxylation is 1. The molecule has 1 aromatic rings. The van der Waals surface area contributed by atoms with Gasteiger partial charge in [0.25, 0.3) is 0 Å². The van der Waals surface area contributed by atoms with Crippen molar-refractivity contribution < 1.29 is 9.47 Å². The quantitative estimate of drug-likeness (QED) is 0.225. The molecule has 2 saturated carbocycles. The second kappa shape index (κ2) is 11.5. The second-order valence-electron chi connectivity index (χ2n) is 7.98. The van der Waals surface area contributed by atoms with Crippen LogP contribution in [0.1, 0.15) is 57.1 Å². The van der Waals surface area contributed by atoms with Crippen LogP contribution in [-0.4, -0.2) is 59.7 Å². The summed E-state index contributed by atoms with van der Waals surface area (Å²) in [7, 11) is 3.71. The van der Waals surface area contributed by atoms with Gasteiger partial charge in [-0.3, -0.25) is 0 Å². The van der Waals surface area contributed by atoms with Crippen LogP contribution in [0.4, 0.5) is 0 Å². The summed E-state index contributed by atoms with van der Waals surface area (Å²) in [4.78, 5) is 4.80. The standard InChI is InChI=1S/C20H36N6O2.HI/c1-5-28-17-13-16(20(17)9-6-7-10-20)23-19(21-11-8-12-27-4)22-14-18-25-24-15(2)26(18)3;/h16-17H,5-14H2,1-4H3,(H2,21,22,23);1H. The molecule has 166 valence electrons. The zero-order chi connectivity index (χ0) is 20.0. The molecule has 3 rings (SSSR count). The van der Waals surface area contributed by atoms with Gasteiger partial charge in [0, 0.05) is 45.4 Å². The minimum atomic E-state index is 0. The van der Waals surface area contributed by atoms with E-state index in [4.69, 9.17) is 14.5 Å². The Bertz CT molecular complexity index is 659. The predicted octanol–water partition coefficient (Wildman–Crippen LogP) is 2.55. The van der Waals surface area contributed by atoms with E-state index in [2.05, 4.69) is 27.8 Å². The summed E-state index contributed by atoms with van der Waals surface area (Å²) in [6, 6.07) is 0.418. The Labute approximate surface area is 191 Å². The van der Waals surface area contributed by atoms with Crippen molar-refractivity contribution in [2.75, 3.05) is 26.9 Å². The van der Waals surface area contributed by atoms with Crippen LogP contribution < -0.4 is 10.6 Å². The third-order valence-corrected chi connectivity index (χ3v) is 6.38. The topological polar surface area (TPSA) is 85.6 Å². The van der Waals surface area contributed by atoms with Crippen molar-refractivity contribution in [3.63, 3.8) is 0 Å². The van der Waals surface area contributed by atoms with Gasteiger partial charge in [0.05, 0.1) is 6.10 Å². The minimum absolute atomic E-state index is 0. The molecule has 0 amide bonds. The Balaban J connectivity index is 0.00000300. The number of hydrogen-bond acceptors (Lipinski definition) is 5. The Morgan fingerprint density at radius 1 is 1.31 bits per heavy atom. The first-order valence-electron chi connectivity index (χ1n) is 10.6. The molecule has 2 N–H and O–H groups in total. The lowest BCUT2D eigenvalue weighted by atomic mass is 9.60. The number of hydrogen-bond donors (Lipinski definition) is 2. The number of aromatic nitrogens is 3. The van der Waals surface area contributed by atoms with E-state index in [1.807, 2.05) is 18.5 Å². The first-order chi connectivity index (χ1) is 13.6. The summed E-state index contributed by atoms with van der Waals surface area (Å²) in [6.45, 7) is 6.91. The van der Waals surface area contributed by atoms with Crippen LogP contribution >= 0.6 is 24.0 Å². The highest BCUT2D eigenvalue weighted by Gasteiger charge is 2.56. The zero-order valence-corrected chi connectivity index (χ0v) is 20.6. The van der Waals surface area contributed by atoms with E-state index in [0.717, 1.165) is 50.2 Å². The molecule has 2 fully saturated rings. The number of ether oxygens (including phenoxy) is 2. The SMILES string of the molecule is CCOC1CC(NC(=NCc2nnc(C)n2C)NCCCOC)C12CCCC2.I. The number of nitrogens with one attached hydrogen (secondary N) is 2. The van der Waals surface area contributed by atoms with Crippen LogP contribution in [0.15, 0.2) is 4.99 Å². The third kappa shape index (κ3) is 5.61. The Morgan fingerprint density at radius 3 is 2.69 bits per heavy atom. The van der Waals surface area contributed by atoms with Crippen molar-refractivity contribution >= 4 is 29.9 Å². The molecule has 0 aromatic carbocycles. The monoisotopic (exact) mass is 520 g/mol. The Kier molecular flexibility index (Phi) is 9.61. The maximum absolute atomic E-state index is 6.05. The summed E-state index contributed by atoms with van der Waals surface area (Å²) >= 11 is 0. The second-order valence-corrected chi connectivity index (χ2v) is 7.98. The van der Waals surface area contributed by atoms with Crippen LogP contribution in [0.25, 0.3) is 0 Å². The van der Waals surface area contributed by atoms with Crippen molar-refractivity contribution in [3.8, 4) is 0 Å². The molecular weight excluding hydrogens is 483 g/mol. The predicted molar refractivity (Wildman–Crippen MR) is 125 cm³/mol. The van der Waals surface area contributed by atoms with Crippen LogP contribution in [0.2, 0.25) is 0 Å². The molecule has 0 bridgehead atoms. The van der Waals surface area contributed by atoms with Gasteiger partial charge in [-0.15, -0.1) is 34.2 Å². The van der Waals surface area contributed by atoms with Crippen molar-refractivity contribution in [2.45, 2.75) is 71.1 Å². The average Bonchev–Trinajstić information content (AvgIpc) is 3.32. The average molecular weight is 520 g/mol. The van der Waals surface area contributed by atoms with Gasteiger partial charge in [0.2, 0.25) is 0 Å². The first kappa shape index (κ1) is 24.3. The van der Waals surface area contributed by atoms with E-state index in [9.17, 15) is 0 Å². The van der Waals surface area contributed by atoms with Gasteiger partial charge in [0.15, 0.2) is 11.8 Å². The molecule has 0 radical (unpaired) electrons. The van der Waals surface area contributed by atoms with Gasteiger partial charge in [-0.25, -0.2) is 4.99 Å². The highest BCUT2D eigenvalue weighted by Crippen LogP contribution is 2.54. The number of rotatable bonds is 9. The van der Waals surface area contributed by atoms with Crippen molar-refractivity contribution in [2.24, 2.45) is 17.5 Å². The summed E-state index contributed by atoms with van der Waals surface area (Å²) in [5, 5.41) is 15.5. The van der Waals surface area contributed by atoms with E-state index < -0.39 is 0 Å². The highest BCUT2D eigenvalue weighted by molar-refractivity contribution is 14.0. The molecule has 1 heterocycles. The molecule has 1 aromatic heterocycles. The van der Waals surface area contributed by atoms with Crippen molar-refractivity contribution in [3.05, 3.63) is 11.6 Å². The molecule has 2 unspecified atom stereocenters. The maximum Gasteiger partial charge on any atom is 0.191 e. The van der Waals surface area contributed by atoms with E-state index in [-0.39, 0.29) is 29.4 Å². The van der Waals surface area contributed by atoms with Crippen LogP contribution in [0.3, 0.4) is 0 Å². The lowest BCUT2D eigenvalue weighted by Crippen LogP contribution is -2.65. The van der Waals surface area contributed by atoms with Gasteiger partial charge in [-0.05, 0) is 39.5 Å². The van der Waals surface area contributed by atoms with Crippen molar-refractivity contribution in [1.82, 2.24) is 25.4 Å². The summed E-state index contributed by atoms with van der Waals surface area (Å²) in [6.07, 6.45) is 7.46.